The van der Waals surface area contributed by atoms with E-state index in [9.17, 15) is 14.5 Å². The minimum Gasteiger partial charge on any atom is -0.550 e. The van der Waals surface area contributed by atoms with Gasteiger partial charge in [-0.05, 0) is 19.3 Å². The summed E-state index contributed by atoms with van der Waals surface area (Å²) in [6.07, 6.45) is 1.60. The molecule has 0 atom stereocenters. The maximum absolute atomic E-state index is 13.5. The zero-order valence-corrected chi connectivity index (χ0v) is 15.7. The SMILES string of the molecule is O=C([O-])CCCCP(=O)(c1ccccc1)c1ccccc1.[Na+]. The largest absolute Gasteiger partial charge is 1.00 e. The van der Waals surface area contributed by atoms with Crippen molar-refractivity contribution >= 4 is 23.7 Å². The molecule has 0 heterocycles. The van der Waals surface area contributed by atoms with Crippen LogP contribution in [0.4, 0.5) is 0 Å². The topological polar surface area (TPSA) is 57.2 Å². The van der Waals surface area contributed by atoms with Crippen LogP contribution in [-0.4, -0.2) is 12.1 Å². The van der Waals surface area contributed by atoms with E-state index in [-0.39, 0.29) is 36.0 Å². The van der Waals surface area contributed by atoms with E-state index < -0.39 is 13.1 Å². The number of hydrogen-bond acceptors (Lipinski definition) is 3. The van der Waals surface area contributed by atoms with Crippen LogP contribution in [0, 0.1) is 0 Å². The van der Waals surface area contributed by atoms with E-state index in [1.54, 1.807) is 0 Å². The van der Waals surface area contributed by atoms with Gasteiger partial charge in [0, 0.05) is 22.7 Å². The second-order valence-electron chi connectivity index (χ2n) is 4.96. The van der Waals surface area contributed by atoms with Gasteiger partial charge in [-0.3, -0.25) is 0 Å². The Bertz CT molecular complexity index is 585. The Kier molecular flexibility index (Phi) is 8.13. The Hall–Kier alpha value is -0.860. The number of benzene rings is 2. The van der Waals surface area contributed by atoms with Gasteiger partial charge in [0.1, 0.15) is 7.14 Å². The molecule has 0 bridgehead atoms. The smallest absolute Gasteiger partial charge is 0.550 e. The Morgan fingerprint density at radius 1 is 0.864 bits per heavy atom. The first-order valence-corrected chi connectivity index (χ1v) is 8.92. The minimum absolute atomic E-state index is 0. The summed E-state index contributed by atoms with van der Waals surface area (Å²) < 4.78 is 13.5. The van der Waals surface area contributed by atoms with Crippen LogP contribution >= 0.6 is 7.14 Å². The van der Waals surface area contributed by atoms with E-state index >= 15 is 0 Å². The van der Waals surface area contributed by atoms with Gasteiger partial charge in [0.2, 0.25) is 0 Å². The number of carboxylic acids is 1. The molecule has 3 nitrogen and oxygen atoms in total. The van der Waals surface area contributed by atoms with Gasteiger partial charge in [-0.15, -0.1) is 0 Å². The monoisotopic (exact) mass is 324 g/mol. The van der Waals surface area contributed by atoms with Gasteiger partial charge in [-0.2, -0.15) is 0 Å². The van der Waals surface area contributed by atoms with Crippen LogP contribution in [0.3, 0.4) is 0 Å². The second kappa shape index (κ2) is 9.32. The van der Waals surface area contributed by atoms with E-state index in [0.29, 0.717) is 19.0 Å². The van der Waals surface area contributed by atoms with Crippen LogP contribution in [0.2, 0.25) is 0 Å². The summed E-state index contributed by atoms with van der Waals surface area (Å²) in [6, 6.07) is 18.8. The van der Waals surface area contributed by atoms with Gasteiger partial charge >= 0.3 is 29.6 Å². The summed E-state index contributed by atoms with van der Waals surface area (Å²) in [7, 11) is -2.70. The molecule has 0 radical (unpaired) electrons. The molecule has 0 amide bonds. The standard InChI is InChI=1S/C17H19O3P.Na/c18-17(19)13-7-8-14-21(20,15-9-3-1-4-10-15)16-11-5-2-6-12-16;/h1-6,9-12H,7-8,13-14H2,(H,18,19);/q;+1/p-1. The quantitative estimate of drug-likeness (QED) is 0.370. The number of hydrogen-bond donors (Lipinski definition) is 0. The first kappa shape index (κ1) is 19.2. The van der Waals surface area contributed by atoms with Crippen LogP contribution < -0.4 is 45.3 Å². The van der Waals surface area contributed by atoms with Crippen molar-refractivity contribution in [3.8, 4) is 0 Å². The van der Waals surface area contributed by atoms with E-state index in [0.717, 1.165) is 10.6 Å². The zero-order chi connectivity index (χ0) is 15.1. The molecule has 0 spiro atoms. The predicted molar refractivity (Wildman–Crippen MR) is 83.5 cm³/mol. The molecule has 0 aliphatic rings. The van der Waals surface area contributed by atoms with Gasteiger partial charge in [0.25, 0.3) is 0 Å². The van der Waals surface area contributed by atoms with Crippen molar-refractivity contribution in [3.63, 3.8) is 0 Å². The number of carbonyl (C=O) groups is 1. The van der Waals surface area contributed by atoms with Crippen LogP contribution in [0.15, 0.2) is 60.7 Å². The first-order valence-electron chi connectivity index (χ1n) is 7.03. The maximum Gasteiger partial charge on any atom is 1.00 e. The molecule has 0 aliphatic heterocycles. The molecule has 0 saturated carbocycles. The molecule has 0 aliphatic carbocycles. The minimum atomic E-state index is -2.70. The van der Waals surface area contributed by atoms with Crippen molar-refractivity contribution in [2.24, 2.45) is 0 Å². The fraction of sp³-hybridized carbons (Fsp3) is 0.235. The molecule has 2 aromatic rings. The van der Waals surface area contributed by atoms with Crippen LogP contribution in [-0.2, 0) is 9.36 Å². The molecule has 2 rings (SSSR count). The fourth-order valence-corrected chi connectivity index (χ4v) is 5.14. The molecule has 22 heavy (non-hydrogen) atoms. The van der Waals surface area contributed by atoms with Crippen molar-refractivity contribution < 1.29 is 44.0 Å². The summed E-state index contributed by atoms with van der Waals surface area (Å²) in [5.74, 6) is -1.05. The number of rotatable bonds is 7. The molecular weight excluding hydrogens is 306 g/mol. The van der Waals surface area contributed by atoms with E-state index in [1.807, 2.05) is 60.7 Å². The van der Waals surface area contributed by atoms with Crippen LogP contribution in [0.25, 0.3) is 0 Å². The van der Waals surface area contributed by atoms with Gasteiger partial charge in [-0.25, -0.2) is 0 Å². The summed E-state index contributed by atoms with van der Waals surface area (Å²) in [5.41, 5.74) is 0. The first-order chi connectivity index (χ1) is 10.1. The predicted octanol–water partition coefficient (Wildman–Crippen LogP) is -1.08. The zero-order valence-electron chi connectivity index (χ0n) is 12.8. The molecular formula is C17H18NaO3P. The molecule has 0 unspecified atom stereocenters. The van der Waals surface area contributed by atoms with Crippen molar-refractivity contribution in [1.82, 2.24) is 0 Å². The number of carboxylic acid groups (broad SMARTS) is 1. The summed E-state index contributed by atoms with van der Waals surface area (Å²) >= 11 is 0. The molecule has 5 heteroatoms. The third kappa shape index (κ3) is 5.10. The number of aliphatic carboxylic acids is 1. The molecule has 110 valence electrons. The van der Waals surface area contributed by atoms with Gasteiger partial charge in [0.15, 0.2) is 0 Å². The van der Waals surface area contributed by atoms with Crippen molar-refractivity contribution in [2.45, 2.75) is 19.3 Å². The van der Waals surface area contributed by atoms with Crippen molar-refractivity contribution in [1.29, 1.82) is 0 Å². The summed E-state index contributed by atoms with van der Waals surface area (Å²) in [6.45, 7) is 0. The Balaban J connectivity index is 0.00000242. The van der Waals surface area contributed by atoms with E-state index in [2.05, 4.69) is 0 Å². The third-order valence-corrected chi connectivity index (χ3v) is 6.66. The van der Waals surface area contributed by atoms with Gasteiger partial charge in [0.05, 0.1) is 0 Å². The van der Waals surface area contributed by atoms with Gasteiger partial charge in [-0.1, -0.05) is 60.7 Å². The molecule has 2 aromatic carbocycles. The van der Waals surface area contributed by atoms with E-state index in [1.165, 1.54) is 0 Å². The number of unbranched alkanes of at least 4 members (excludes halogenated alkanes) is 1. The normalized spacial score (nSPS) is 10.7. The van der Waals surface area contributed by atoms with Crippen LogP contribution in [0.5, 0.6) is 0 Å². The van der Waals surface area contributed by atoms with Crippen LogP contribution in [0.1, 0.15) is 19.3 Å². The maximum atomic E-state index is 13.5. The molecule has 0 fully saturated rings. The Morgan fingerprint density at radius 3 is 1.73 bits per heavy atom. The van der Waals surface area contributed by atoms with Crippen molar-refractivity contribution in [2.75, 3.05) is 6.16 Å². The summed E-state index contributed by atoms with van der Waals surface area (Å²) in [5, 5.41) is 12.1. The Morgan fingerprint density at radius 2 is 1.32 bits per heavy atom. The van der Waals surface area contributed by atoms with E-state index in [4.69, 9.17) is 0 Å². The van der Waals surface area contributed by atoms with Gasteiger partial charge < -0.3 is 14.5 Å². The Labute approximate surface area is 153 Å². The molecule has 0 saturated heterocycles. The molecule has 0 N–H and O–H groups in total. The van der Waals surface area contributed by atoms with Crippen molar-refractivity contribution in [3.05, 3.63) is 60.7 Å². The molecule has 0 aromatic heterocycles. The second-order valence-corrected chi connectivity index (χ2v) is 7.92. The number of carbonyl (C=O) groups excluding carboxylic acids is 1. The third-order valence-electron chi connectivity index (χ3n) is 3.45. The fourth-order valence-electron chi connectivity index (χ4n) is 2.35. The average molecular weight is 324 g/mol. The summed E-state index contributed by atoms with van der Waals surface area (Å²) in [4.78, 5) is 10.5. The average Bonchev–Trinajstić information content (AvgIpc) is 2.53.